The summed E-state index contributed by atoms with van der Waals surface area (Å²) in [5, 5.41) is 5.78. The summed E-state index contributed by atoms with van der Waals surface area (Å²) in [6, 6.07) is 9.07. The molecule has 0 spiro atoms. The summed E-state index contributed by atoms with van der Waals surface area (Å²) in [6.45, 7) is 0. The molecule has 2 N–H and O–H groups in total. The third kappa shape index (κ3) is 3.03. The largest absolute Gasteiger partial charge is 0.369 e. The van der Waals surface area contributed by atoms with Gasteiger partial charge in [0.05, 0.1) is 37.2 Å². The van der Waals surface area contributed by atoms with E-state index < -0.39 is 0 Å². The number of nitrogens with zero attached hydrogens (tertiary/aromatic N) is 2. The van der Waals surface area contributed by atoms with Crippen molar-refractivity contribution in [2.24, 2.45) is 5.73 Å². The van der Waals surface area contributed by atoms with Gasteiger partial charge in [-0.15, -0.1) is 11.3 Å². The summed E-state index contributed by atoms with van der Waals surface area (Å²) in [5.41, 5.74) is 9.00. The Hall–Kier alpha value is -1.53. The Morgan fingerprint density at radius 3 is 2.69 bits per heavy atom. The molecule has 0 fully saturated rings. The Morgan fingerprint density at radius 1 is 1.23 bits per heavy atom. The Morgan fingerprint density at radius 2 is 2.04 bits per heavy atom. The van der Waals surface area contributed by atoms with Crippen molar-refractivity contribution in [1.82, 2.24) is 9.78 Å². The van der Waals surface area contributed by atoms with Crippen LogP contribution in [-0.2, 0) is 11.2 Å². The van der Waals surface area contributed by atoms with Crippen molar-refractivity contribution in [1.29, 1.82) is 0 Å². The maximum absolute atomic E-state index is 11.9. The van der Waals surface area contributed by atoms with Gasteiger partial charge >= 0.3 is 0 Å². The molecular weight excluding hydrogens is 413 g/mol. The highest BCUT2D eigenvalue weighted by Crippen LogP contribution is 2.42. The molecule has 2 heterocycles. The molecule has 4 rings (SSSR count). The minimum atomic E-state index is -0.389. The summed E-state index contributed by atoms with van der Waals surface area (Å²) in [4.78, 5) is 12.9. The molecule has 4 nitrogen and oxygen atoms in total. The molecule has 26 heavy (non-hydrogen) atoms. The molecule has 1 unspecified atom stereocenters. The molecular formula is C18H14Cl3N3OS. The molecule has 1 aliphatic carbocycles. The van der Waals surface area contributed by atoms with Gasteiger partial charge < -0.3 is 5.73 Å². The lowest BCUT2D eigenvalue weighted by Gasteiger charge is -2.18. The highest BCUT2D eigenvalue weighted by Gasteiger charge is 2.32. The molecule has 1 aromatic carbocycles. The number of aromatic nitrogens is 2. The first-order chi connectivity index (χ1) is 12.5. The molecule has 2 aromatic heterocycles. The fourth-order valence-electron chi connectivity index (χ4n) is 3.41. The van der Waals surface area contributed by atoms with Crippen LogP contribution in [0.1, 0.15) is 30.0 Å². The number of halogens is 3. The Labute approximate surface area is 169 Å². The van der Waals surface area contributed by atoms with Crippen LogP contribution < -0.4 is 5.73 Å². The lowest BCUT2D eigenvalue weighted by molar-refractivity contribution is -0.119. The standard InChI is InChI=1S/C18H14Cl3N3OS/c19-9-4-5-13(12(20)8-9)24-17(14-6-7-15(21)26-14)10-2-1-3-11(18(22)25)16(10)23-24/h4-8,11H,1-3H2,(H2,22,25). The van der Waals surface area contributed by atoms with Crippen molar-refractivity contribution < 1.29 is 4.79 Å². The molecule has 0 bridgehead atoms. The van der Waals surface area contributed by atoms with Crippen molar-refractivity contribution in [3.8, 4) is 16.3 Å². The first-order valence-electron chi connectivity index (χ1n) is 8.08. The van der Waals surface area contributed by atoms with Crippen molar-refractivity contribution >= 4 is 52.0 Å². The number of amides is 1. The van der Waals surface area contributed by atoms with Gasteiger partial charge in [-0.2, -0.15) is 5.10 Å². The first-order valence-corrected chi connectivity index (χ1v) is 10.0. The minimum Gasteiger partial charge on any atom is -0.369 e. The maximum atomic E-state index is 11.9. The molecule has 0 radical (unpaired) electrons. The van der Waals surface area contributed by atoms with E-state index in [2.05, 4.69) is 0 Å². The third-order valence-electron chi connectivity index (χ3n) is 4.55. The van der Waals surface area contributed by atoms with Gasteiger partial charge in [0.2, 0.25) is 5.91 Å². The number of fused-ring (bicyclic) bond motifs is 1. The van der Waals surface area contributed by atoms with Gasteiger partial charge in [0.15, 0.2) is 0 Å². The first kappa shape index (κ1) is 17.9. The monoisotopic (exact) mass is 425 g/mol. The van der Waals surface area contributed by atoms with Gasteiger partial charge in [-0.1, -0.05) is 34.8 Å². The lowest BCUT2D eigenvalue weighted by atomic mass is 9.86. The number of primary amides is 1. The van der Waals surface area contributed by atoms with E-state index in [1.54, 1.807) is 16.8 Å². The highest BCUT2D eigenvalue weighted by molar-refractivity contribution is 7.19. The van der Waals surface area contributed by atoms with Crippen LogP contribution in [-0.4, -0.2) is 15.7 Å². The van der Waals surface area contributed by atoms with Crippen LogP contribution >= 0.6 is 46.1 Å². The molecule has 8 heteroatoms. The number of benzene rings is 1. The van der Waals surface area contributed by atoms with E-state index in [4.69, 9.17) is 45.6 Å². The van der Waals surface area contributed by atoms with Crippen molar-refractivity contribution in [3.05, 3.63) is 56.0 Å². The third-order valence-corrected chi connectivity index (χ3v) is 6.33. The lowest BCUT2D eigenvalue weighted by Crippen LogP contribution is -2.25. The second-order valence-electron chi connectivity index (χ2n) is 6.17. The van der Waals surface area contributed by atoms with Gasteiger partial charge in [-0.3, -0.25) is 4.79 Å². The average molecular weight is 427 g/mol. The Bertz CT molecular complexity index is 1010. The summed E-state index contributed by atoms with van der Waals surface area (Å²) in [6.07, 6.45) is 2.42. The topological polar surface area (TPSA) is 60.9 Å². The minimum absolute atomic E-state index is 0.353. The number of nitrogens with two attached hydrogens (primary N) is 1. The van der Waals surface area contributed by atoms with E-state index in [1.165, 1.54) is 11.3 Å². The quantitative estimate of drug-likeness (QED) is 0.604. The number of hydrogen-bond donors (Lipinski definition) is 1. The molecule has 0 aliphatic heterocycles. The average Bonchev–Trinajstić information content (AvgIpc) is 3.17. The molecule has 1 aliphatic rings. The molecule has 134 valence electrons. The second kappa shape index (κ2) is 6.89. The summed E-state index contributed by atoms with van der Waals surface area (Å²) in [5.74, 6) is -0.742. The van der Waals surface area contributed by atoms with Crippen LogP contribution in [0.2, 0.25) is 14.4 Å². The van der Waals surface area contributed by atoms with E-state index in [1.807, 2.05) is 18.2 Å². The summed E-state index contributed by atoms with van der Waals surface area (Å²) < 4.78 is 2.47. The number of thiophene rings is 1. The zero-order valence-corrected chi connectivity index (χ0v) is 16.6. The van der Waals surface area contributed by atoms with Gasteiger partial charge in [0.25, 0.3) is 0 Å². The van der Waals surface area contributed by atoms with Crippen molar-refractivity contribution in [3.63, 3.8) is 0 Å². The molecule has 3 aromatic rings. The smallest absolute Gasteiger partial charge is 0.226 e. The maximum Gasteiger partial charge on any atom is 0.226 e. The van der Waals surface area contributed by atoms with Crippen LogP contribution in [0.15, 0.2) is 30.3 Å². The predicted octanol–water partition coefficient (Wildman–Crippen LogP) is 5.47. The SMILES string of the molecule is NC(=O)C1CCCc2c1nn(-c1ccc(Cl)cc1Cl)c2-c1ccc(Cl)s1. The zero-order chi connectivity index (χ0) is 18.4. The van der Waals surface area contributed by atoms with E-state index >= 15 is 0 Å². The van der Waals surface area contributed by atoms with Crippen LogP contribution in [0.4, 0.5) is 0 Å². The van der Waals surface area contributed by atoms with E-state index in [-0.39, 0.29) is 11.8 Å². The fraction of sp³-hybridized carbons (Fsp3) is 0.222. The van der Waals surface area contributed by atoms with E-state index in [9.17, 15) is 4.79 Å². The Kier molecular flexibility index (Phi) is 4.73. The molecule has 0 saturated carbocycles. The van der Waals surface area contributed by atoms with Crippen molar-refractivity contribution in [2.75, 3.05) is 0 Å². The highest BCUT2D eigenvalue weighted by atomic mass is 35.5. The number of carbonyl (C=O) groups excluding carboxylic acids is 1. The molecule has 1 amide bonds. The van der Waals surface area contributed by atoms with Gasteiger partial charge in [0, 0.05) is 10.6 Å². The van der Waals surface area contributed by atoms with E-state index in [0.29, 0.717) is 26.5 Å². The van der Waals surface area contributed by atoms with Crippen LogP contribution in [0.5, 0.6) is 0 Å². The number of rotatable bonds is 3. The zero-order valence-electron chi connectivity index (χ0n) is 13.5. The fourth-order valence-corrected chi connectivity index (χ4v) is 5.00. The summed E-state index contributed by atoms with van der Waals surface area (Å²) >= 11 is 20.1. The van der Waals surface area contributed by atoms with Crippen LogP contribution in [0.25, 0.3) is 16.3 Å². The number of carbonyl (C=O) groups is 1. The van der Waals surface area contributed by atoms with Gasteiger partial charge in [-0.05, 0) is 49.6 Å². The normalized spacial score (nSPS) is 16.5. The molecule has 0 saturated heterocycles. The van der Waals surface area contributed by atoms with Gasteiger partial charge in [-0.25, -0.2) is 4.68 Å². The Balaban J connectivity index is 2.00. The second-order valence-corrected chi connectivity index (χ2v) is 8.73. The predicted molar refractivity (Wildman–Crippen MR) is 107 cm³/mol. The van der Waals surface area contributed by atoms with Crippen molar-refractivity contribution in [2.45, 2.75) is 25.2 Å². The molecule has 1 atom stereocenters. The van der Waals surface area contributed by atoms with Crippen LogP contribution in [0, 0.1) is 0 Å². The summed E-state index contributed by atoms with van der Waals surface area (Å²) in [7, 11) is 0. The van der Waals surface area contributed by atoms with Crippen LogP contribution in [0.3, 0.4) is 0 Å². The number of hydrogen-bond acceptors (Lipinski definition) is 3. The van der Waals surface area contributed by atoms with Gasteiger partial charge in [0.1, 0.15) is 0 Å². The van der Waals surface area contributed by atoms with E-state index in [0.717, 1.165) is 34.7 Å².